The Bertz CT molecular complexity index is 1500. The molecule has 0 aliphatic carbocycles. The number of carbonyl (C=O) groups is 4. The number of hydrogen-bond donors (Lipinski definition) is 2. The Morgan fingerprint density at radius 1 is 1.15 bits per heavy atom. The molecule has 0 radical (unpaired) electrons. The van der Waals surface area contributed by atoms with Gasteiger partial charge in [-0.25, -0.2) is 14.0 Å². The Labute approximate surface area is 236 Å². The van der Waals surface area contributed by atoms with Gasteiger partial charge < -0.3 is 29.3 Å². The van der Waals surface area contributed by atoms with Crippen molar-refractivity contribution in [1.82, 2.24) is 10.2 Å². The van der Waals surface area contributed by atoms with Gasteiger partial charge in [-0.05, 0) is 70.9 Å². The van der Waals surface area contributed by atoms with Gasteiger partial charge in [0, 0.05) is 0 Å². The third-order valence-corrected chi connectivity index (χ3v) is 6.05. The fraction of sp³-hybridized carbons (Fsp3) is 0.185. The van der Waals surface area contributed by atoms with Crippen molar-refractivity contribution in [2.45, 2.75) is 13.5 Å². The number of urea groups is 1. The highest BCUT2D eigenvalue weighted by Crippen LogP contribution is 2.38. The number of methoxy groups -OCH3 is 1. The normalized spacial score (nSPS) is 13.8. The number of carbonyl (C=O) groups excluding carboxylic acids is 4. The molecule has 1 saturated heterocycles. The smallest absolute Gasteiger partial charge is 0.373 e. The van der Waals surface area contributed by atoms with Crippen LogP contribution in [0, 0.1) is 5.82 Å². The van der Waals surface area contributed by atoms with E-state index in [4.69, 9.17) is 13.9 Å². The Morgan fingerprint density at radius 2 is 1.93 bits per heavy atom. The Hall–Kier alpha value is -4.65. The number of imide groups is 1. The number of benzene rings is 2. The van der Waals surface area contributed by atoms with Crippen molar-refractivity contribution in [2.24, 2.45) is 0 Å². The summed E-state index contributed by atoms with van der Waals surface area (Å²) in [7, 11) is 1.21. The van der Waals surface area contributed by atoms with Gasteiger partial charge in [0.1, 0.15) is 17.3 Å². The van der Waals surface area contributed by atoms with E-state index in [1.54, 1.807) is 25.1 Å². The van der Waals surface area contributed by atoms with E-state index in [0.29, 0.717) is 10.0 Å². The molecule has 4 rings (SSSR count). The van der Waals surface area contributed by atoms with E-state index in [-0.39, 0.29) is 47.6 Å². The number of anilines is 1. The summed E-state index contributed by atoms with van der Waals surface area (Å²) in [6, 6.07) is 11.1. The number of halogens is 2. The lowest BCUT2D eigenvalue weighted by Crippen LogP contribution is -2.30. The predicted molar refractivity (Wildman–Crippen MR) is 143 cm³/mol. The molecule has 2 aromatic carbocycles. The lowest BCUT2D eigenvalue weighted by atomic mass is 10.1. The van der Waals surface area contributed by atoms with E-state index < -0.39 is 36.2 Å². The molecule has 3 aromatic rings. The van der Waals surface area contributed by atoms with Crippen LogP contribution in [-0.2, 0) is 20.9 Å². The van der Waals surface area contributed by atoms with E-state index in [2.05, 4.69) is 31.3 Å². The zero-order valence-electron chi connectivity index (χ0n) is 21.3. The van der Waals surface area contributed by atoms with Crippen molar-refractivity contribution in [3.8, 4) is 11.5 Å². The third kappa shape index (κ3) is 6.49. The average molecular weight is 616 g/mol. The molecule has 40 heavy (non-hydrogen) atoms. The fourth-order valence-electron chi connectivity index (χ4n) is 3.67. The minimum atomic E-state index is -0.683. The van der Waals surface area contributed by atoms with Crippen molar-refractivity contribution in [3.63, 3.8) is 0 Å². The molecule has 1 aliphatic rings. The van der Waals surface area contributed by atoms with Crippen LogP contribution < -0.4 is 20.1 Å². The van der Waals surface area contributed by atoms with E-state index in [9.17, 15) is 23.6 Å². The summed E-state index contributed by atoms with van der Waals surface area (Å²) in [6.45, 7) is 1.40. The van der Waals surface area contributed by atoms with Gasteiger partial charge in [-0.2, -0.15) is 0 Å². The second kappa shape index (κ2) is 12.5. The Kier molecular flexibility index (Phi) is 8.84. The largest absolute Gasteiger partial charge is 0.490 e. The van der Waals surface area contributed by atoms with Crippen LogP contribution in [0.4, 0.5) is 14.9 Å². The number of nitrogens with one attached hydrogen (secondary N) is 2. The van der Waals surface area contributed by atoms with Crippen LogP contribution in [0.1, 0.15) is 28.8 Å². The zero-order valence-corrected chi connectivity index (χ0v) is 22.9. The van der Waals surface area contributed by atoms with Crippen LogP contribution in [0.15, 0.2) is 63.1 Å². The van der Waals surface area contributed by atoms with Crippen LogP contribution >= 0.6 is 15.9 Å². The van der Waals surface area contributed by atoms with Gasteiger partial charge in [0.15, 0.2) is 18.1 Å². The van der Waals surface area contributed by atoms with Gasteiger partial charge in [0.25, 0.3) is 11.8 Å². The average Bonchev–Trinajstić information content (AvgIpc) is 3.49. The van der Waals surface area contributed by atoms with Crippen molar-refractivity contribution in [1.29, 1.82) is 0 Å². The number of rotatable bonds is 10. The van der Waals surface area contributed by atoms with E-state index in [0.717, 1.165) is 4.90 Å². The first-order chi connectivity index (χ1) is 19.2. The summed E-state index contributed by atoms with van der Waals surface area (Å²) in [5.74, 6) is -1.81. The maximum absolute atomic E-state index is 13.8. The van der Waals surface area contributed by atoms with Gasteiger partial charge in [-0.3, -0.25) is 14.5 Å². The van der Waals surface area contributed by atoms with Gasteiger partial charge in [-0.15, -0.1) is 0 Å². The van der Waals surface area contributed by atoms with Gasteiger partial charge in [0.05, 0.1) is 30.4 Å². The van der Waals surface area contributed by atoms with Crippen molar-refractivity contribution in [2.75, 3.05) is 25.6 Å². The van der Waals surface area contributed by atoms with E-state index >= 15 is 0 Å². The Morgan fingerprint density at radius 3 is 2.65 bits per heavy atom. The predicted octanol–water partition coefficient (Wildman–Crippen LogP) is 4.48. The summed E-state index contributed by atoms with van der Waals surface area (Å²) in [5.41, 5.74) is 0.502. The molecule has 0 spiro atoms. The molecule has 0 bridgehead atoms. The molecular weight excluding hydrogens is 593 g/mol. The highest BCUT2D eigenvalue weighted by Gasteiger charge is 2.34. The number of amides is 4. The molecule has 0 atom stereocenters. The van der Waals surface area contributed by atoms with E-state index in [1.165, 1.54) is 43.5 Å². The molecular formula is C27H23BrFN3O8. The van der Waals surface area contributed by atoms with Crippen LogP contribution in [0.5, 0.6) is 11.5 Å². The van der Waals surface area contributed by atoms with Crippen LogP contribution in [0.25, 0.3) is 6.08 Å². The topological polar surface area (TPSA) is 136 Å². The first-order valence-electron chi connectivity index (χ1n) is 11.8. The Balaban J connectivity index is 1.48. The molecule has 1 aliphatic heterocycles. The fourth-order valence-corrected chi connectivity index (χ4v) is 4.25. The van der Waals surface area contributed by atoms with Crippen LogP contribution in [-0.4, -0.2) is 49.0 Å². The number of nitrogens with zero attached hydrogens (tertiary/aromatic N) is 1. The first kappa shape index (κ1) is 28.4. The molecule has 208 valence electrons. The van der Waals surface area contributed by atoms with E-state index in [1.807, 2.05) is 0 Å². The maximum atomic E-state index is 13.8. The molecule has 0 saturated carbocycles. The number of esters is 1. The molecule has 2 heterocycles. The summed E-state index contributed by atoms with van der Waals surface area (Å²) < 4.78 is 35.5. The molecule has 13 heteroatoms. The summed E-state index contributed by atoms with van der Waals surface area (Å²) in [6.07, 6.45) is 1.45. The SMILES string of the molecule is CCOc1cc(/C=C2\NC(=O)N(Cc3ccc(C(=O)OC)o3)C2=O)cc(Br)c1OCC(=O)Nc1ccccc1F. The number of furan rings is 1. The second-order valence-corrected chi connectivity index (χ2v) is 9.07. The van der Waals surface area contributed by atoms with Gasteiger partial charge >= 0.3 is 12.0 Å². The second-order valence-electron chi connectivity index (χ2n) is 8.22. The molecule has 1 aromatic heterocycles. The highest BCUT2D eigenvalue weighted by atomic mass is 79.9. The highest BCUT2D eigenvalue weighted by molar-refractivity contribution is 9.10. The minimum absolute atomic E-state index is 0.00275. The molecule has 0 unspecified atom stereocenters. The quantitative estimate of drug-likeness (QED) is 0.194. The molecule has 11 nitrogen and oxygen atoms in total. The number of ether oxygens (including phenoxy) is 3. The van der Waals surface area contributed by atoms with Crippen molar-refractivity contribution in [3.05, 3.63) is 81.6 Å². The van der Waals surface area contributed by atoms with Gasteiger partial charge in [0.2, 0.25) is 5.76 Å². The first-order valence-corrected chi connectivity index (χ1v) is 12.6. The summed E-state index contributed by atoms with van der Waals surface area (Å²) in [5, 5.41) is 4.95. The minimum Gasteiger partial charge on any atom is -0.490 e. The molecule has 4 amide bonds. The number of hydrogen-bond acceptors (Lipinski definition) is 8. The molecule has 2 N–H and O–H groups in total. The standard InChI is InChI=1S/C27H23BrFN3O8/c1-3-38-22-12-15(10-17(28)24(22)39-14-23(33)30-19-7-5-4-6-18(19)29)11-20-25(34)32(27(36)31-20)13-16-8-9-21(40-16)26(35)37-2/h4-12H,3,13-14H2,1-2H3,(H,30,33)(H,31,36)/b20-11-. The van der Waals surface area contributed by atoms with Gasteiger partial charge in [-0.1, -0.05) is 12.1 Å². The molecule has 1 fully saturated rings. The van der Waals surface area contributed by atoms with Crippen molar-refractivity contribution < 1.29 is 42.2 Å². The van der Waals surface area contributed by atoms with Crippen molar-refractivity contribution >= 4 is 51.5 Å². The lowest BCUT2D eigenvalue weighted by Gasteiger charge is -2.15. The summed E-state index contributed by atoms with van der Waals surface area (Å²) in [4.78, 5) is 50.3. The monoisotopic (exact) mass is 615 g/mol. The van der Waals surface area contributed by atoms with Crippen LogP contribution in [0.2, 0.25) is 0 Å². The zero-order chi connectivity index (χ0) is 28.8. The number of para-hydroxylation sites is 1. The van der Waals surface area contributed by atoms with Crippen LogP contribution in [0.3, 0.4) is 0 Å². The summed E-state index contributed by atoms with van der Waals surface area (Å²) >= 11 is 3.39. The maximum Gasteiger partial charge on any atom is 0.373 e. The third-order valence-electron chi connectivity index (χ3n) is 5.46. The lowest BCUT2D eigenvalue weighted by molar-refractivity contribution is -0.123.